The van der Waals surface area contributed by atoms with Crippen LogP contribution in [0, 0.1) is 11.6 Å². The molecule has 0 saturated heterocycles. The van der Waals surface area contributed by atoms with E-state index in [0.717, 1.165) is 39.2 Å². The standard InChI is InChI=1S/C33H30F2N4O2/c1-37-33(41)23-5-2-4-22(14-23)30-6-3-9-38-32(30)24(10-21-11-26(34)17-27(35)12-21)15-28(40)16-25-19-39-31-13-20(18-36)7-8-29(25)31/h2-9,11-14,17,19,24,39H,10,15-16,18,36H2,1H3,(H,37,41)/t24-/m1/s1. The maximum absolute atomic E-state index is 14.1. The van der Waals surface area contributed by atoms with E-state index in [1.165, 1.54) is 12.1 Å². The van der Waals surface area contributed by atoms with Crippen molar-refractivity contribution in [2.45, 2.75) is 31.7 Å². The molecule has 3 aromatic carbocycles. The largest absolute Gasteiger partial charge is 0.361 e. The number of nitrogens with two attached hydrogens (primary N) is 1. The number of aromatic amines is 1. The Bertz CT molecular complexity index is 1710. The Morgan fingerprint density at radius 1 is 0.976 bits per heavy atom. The molecule has 5 rings (SSSR count). The zero-order chi connectivity index (χ0) is 28.9. The Hall–Kier alpha value is -4.69. The van der Waals surface area contributed by atoms with Crippen LogP contribution in [0.2, 0.25) is 0 Å². The van der Waals surface area contributed by atoms with Gasteiger partial charge in [0.15, 0.2) is 0 Å². The Balaban J connectivity index is 1.50. The topological polar surface area (TPSA) is 101 Å². The summed E-state index contributed by atoms with van der Waals surface area (Å²) in [5, 5.41) is 3.58. The molecule has 208 valence electrons. The quantitative estimate of drug-likeness (QED) is 0.202. The van der Waals surface area contributed by atoms with Crippen LogP contribution < -0.4 is 11.1 Å². The van der Waals surface area contributed by atoms with E-state index in [0.29, 0.717) is 23.4 Å². The molecular weight excluding hydrogens is 522 g/mol. The van der Waals surface area contributed by atoms with Gasteiger partial charge in [0, 0.05) is 72.8 Å². The van der Waals surface area contributed by atoms with Gasteiger partial charge in [-0.1, -0.05) is 30.3 Å². The molecule has 41 heavy (non-hydrogen) atoms. The Morgan fingerprint density at radius 2 is 1.78 bits per heavy atom. The van der Waals surface area contributed by atoms with Gasteiger partial charge >= 0.3 is 0 Å². The molecule has 5 aromatic rings. The maximum atomic E-state index is 14.1. The lowest BCUT2D eigenvalue weighted by Crippen LogP contribution is -2.17. The number of carbonyl (C=O) groups excluding carboxylic acids is 2. The van der Waals surface area contributed by atoms with Crippen LogP contribution >= 0.6 is 0 Å². The second-order valence-electron chi connectivity index (χ2n) is 10.1. The van der Waals surface area contributed by atoms with E-state index >= 15 is 0 Å². The van der Waals surface area contributed by atoms with Crippen LogP contribution in [0.3, 0.4) is 0 Å². The van der Waals surface area contributed by atoms with E-state index in [4.69, 9.17) is 5.73 Å². The third-order valence-electron chi connectivity index (χ3n) is 7.22. The summed E-state index contributed by atoms with van der Waals surface area (Å²) in [6, 6.07) is 20.1. The molecule has 4 N–H and O–H groups in total. The first kappa shape index (κ1) is 27.9. The minimum absolute atomic E-state index is 0.0357. The van der Waals surface area contributed by atoms with Gasteiger partial charge in [-0.15, -0.1) is 0 Å². The third-order valence-corrected chi connectivity index (χ3v) is 7.22. The van der Waals surface area contributed by atoms with Crippen molar-refractivity contribution in [1.29, 1.82) is 0 Å². The summed E-state index contributed by atoms with van der Waals surface area (Å²) in [5.74, 6) is -2.10. The SMILES string of the molecule is CNC(=O)c1cccc(-c2cccnc2[C@@H](CC(=O)Cc2c[nH]c3cc(CN)ccc23)Cc2cc(F)cc(F)c2)c1. The molecule has 2 heterocycles. The smallest absolute Gasteiger partial charge is 0.251 e. The number of halogens is 2. The van der Waals surface area contributed by atoms with Gasteiger partial charge < -0.3 is 16.0 Å². The number of Topliss-reactive ketones (excluding diaryl/α,β-unsaturated/α-hetero) is 1. The lowest BCUT2D eigenvalue weighted by molar-refractivity contribution is -0.118. The first-order valence-electron chi connectivity index (χ1n) is 13.4. The monoisotopic (exact) mass is 552 g/mol. The van der Waals surface area contributed by atoms with Crippen LogP contribution in [0.5, 0.6) is 0 Å². The van der Waals surface area contributed by atoms with Gasteiger partial charge in [0.25, 0.3) is 5.91 Å². The van der Waals surface area contributed by atoms with Crippen molar-refractivity contribution in [2.75, 3.05) is 7.05 Å². The van der Waals surface area contributed by atoms with Crippen molar-refractivity contribution in [3.05, 3.63) is 125 Å². The molecule has 6 nitrogen and oxygen atoms in total. The predicted octanol–water partition coefficient (Wildman–Crippen LogP) is 5.85. The molecule has 0 unspecified atom stereocenters. The lowest BCUT2D eigenvalue weighted by atomic mass is 9.85. The van der Waals surface area contributed by atoms with Crippen molar-refractivity contribution in [3.63, 3.8) is 0 Å². The third kappa shape index (κ3) is 6.39. The van der Waals surface area contributed by atoms with Crippen LogP contribution in [0.15, 0.2) is 85.2 Å². The van der Waals surface area contributed by atoms with E-state index in [2.05, 4.69) is 15.3 Å². The summed E-state index contributed by atoms with van der Waals surface area (Å²) >= 11 is 0. The lowest BCUT2D eigenvalue weighted by Gasteiger charge is -2.20. The van der Waals surface area contributed by atoms with Gasteiger partial charge in [-0.2, -0.15) is 0 Å². The number of benzene rings is 3. The highest BCUT2D eigenvalue weighted by Gasteiger charge is 2.23. The molecule has 0 spiro atoms. The second-order valence-corrected chi connectivity index (χ2v) is 10.1. The number of aromatic nitrogens is 2. The molecule has 0 fully saturated rings. The van der Waals surface area contributed by atoms with E-state index in [1.807, 2.05) is 36.5 Å². The average Bonchev–Trinajstić information content (AvgIpc) is 3.37. The summed E-state index contributed by atoms with van der Waals surface area (Å²) in [6.45, 7) is 0.421. The van der Waals surface area contributed by atoms with Gasteiger partial charge in [-0.3, -0.25) is 14.6 Å². The van der Waals surface area contributed by atoms with E-state index in [9.17, 15) is 18.4 Å². The molecule has 1 atom stereocenters. The molecule has 0 aliphatic carbocycles. The average molecular weight is 553 g/mol. The predicted molar refractivity (Wildman–Crippen MR) is 155 cm³/mol. The number of H-pyrrole nitrogens is 1. The molecule has 8 heteroatoms. The van der Waals surface area contributed by atoms with Gasteiger partial charge in [-0.25, -0.2) is 8.78 Å². The minimum atomic E-state index is -0.680. The van der Waals surface area contributed by atoms with E-state index < -0.39 is 17.6 Å². The molecule has 2 aromatic heterocycles. The Labute approximate surface area is 236 Å². The number of nitrogens with zero attached hydrogens (tertiary/aromatic N) is 1. The number of amides is 1. The second kappa shape index (κ2) is 12.2. The van der Waals surface area contributed by atoms with Crippen molar-refractivity contribution in [3.8, 4) is 11.1 Å². The van der Waals surface area contributed by atoms with Crippen LogP contribution in [0.4, 0.5) is 8.78 Å². The Morgan fingerprint density at radius 3 is 2.54 bits per heavy atom. The zero-order valence-corrected chi connectivity index (χ0v) is 22.6. The molecule has 1 amide bonds. The maximum Gasteiger partial charge on any atom is 0.251 e. The summed E-state index contributed by atoms with van der Waals surface area (Å²) < 4.78 is 28.2. The zero-order valence-electron chi connectivity index (χ0n) is 22.6. The molecule has 0 radical (unpaired) electrons. The van der Waals surface area contributed by atoms with E-state index in [1.54, 1.807) is 37.5 Å². The number of hydrogen-bond donors (Lipinski definition) is 3. The fourth-order valence-corrected chi connectivity index (χ4v) is 5.30. The highest BCUT2D eigenvalue weighted by atomic mass is 19.1. The number of nitrogens with one attached hydrogen (secondary N) is 2. The molecule has 0 aliphatic rings. The number of carbonyl (C=O) groups is 2. The number of fused-ring (bicyclic) bond motifs is 1. The number of ketones is 1. The highest BCUT2D eigenvalue weighted by Crippen LogP contribution is 2.33. The van der Waals surface area contributed by atoms with Crippen LogP contribution in [-0.4, -0.2) is 28.7 Å². The van der Waals surface area contributed by atoms with Crippen LogP contribution in [0.25, 0.3) is 22.0 Å². The van der Waals surface area contributed by atoms with E-state index in [-0.39, 0.29) is 31.0 Å². The van der Waals surface area contributed by atoms with Gasteiger partial charge in [-0.05, 0) is 65.1 Å². The molecular formula is C33H30F2N4O2. The highest BCUT2D eigenvalue weighted by molar-refractivity contribution is 5.95. The van der Waals surface area contributed by atoms with Crippen molar-refractivity contribution >= 4 is 22.6 Å². The summed E-state index contributed by atoms with van der Waals surface area (Å²) in [4.78, 5) is 33.7. The summed E-state index contributed by atoms with van der Waals surface area (Å²) in [6.07, 6.45) is 3.96. The minimum Gasteiger partial charge on any atom is -0.361 e. The molecule has 0 saturated carbocycles. The molecule has 0 bridgehead atoms. The van der Waals surface area contributed by atoms with Gasteiger partial charge in [0.1, 0.15) is 17.4 Å². The van der Waals surface area contributed by atoms with Crippen molar-refractivity contribution < 1.29 is 18.4 Å². The number of rotatable bonds is 10. The number of pyridine rings is 1. The van der Waals surface area contributed by atoms with Crippen LogP contribution in [-0.2, 0) is 24.2 Å². The summed E-state index contributed by atoms with van der Waals surface area (Å²) in [7, 11) is 1.56. The fraction of sp³-hybridized carbons (Fsp3) is 0.182. The van der Waals surface area contributed by atoms with Crippen molar-refractivity contribution in [1.82, 2.24) is 15.3 Å². The first-order chi connectivity index (χ1) is 19.8. The first-order valence-corrected chi connectivity index (χ1v) is 13.4. The molecule has 0 aliphatic heterocycles. The number of hydrogen-bond acceptors (Lipinski definition) is 4. The Kier molecular flexibility index (Phi) is 8.31. The van der Waals surface area contributed by atoms with Crippen LogP contribution in [0.1, 0.15) is 45.1 Å². The normalized spacial score (nSPS) is 11.9. The fourth-order valence-electron chi connectivity index (χ4n) is 5.30. The van der Waals surface area contributed by atoms with Gasteiger partial charge in [0.2, 0.25) is 0 Å². The van der Waals surface area contributed by atoms with Crippen molar-refractivity contribution in [2.24, 2.45) is 5.73 Å². The summed E-state index contributed by atoms with van der Waals surface area (Å²) in [5.41, 5.74) is 11.6. The van der Waals surface area contributed by atoms with Gasteiger partial charge in [0.05, 0.1) is 5.69 Å².